The van der Waals surface area contributed by atoms with Gasteiger partial charge >= 0.3 is 0 Å². The molecule has 1 atom stereocenters. The van der Waals surface area contributed by atoms with E-state index in [1.54, 1.807) is 0 Å². The smallest absolute Gasteiger partial charge is 0.0665 e. The highest BCUT2D eigenvalue weighted by atomic mass is 16.3. The minimum absolute atomic E-state index is 0.234. The third-order valence-electron chi connectivity index (χ3n) is 3.00. The number of likely N-dealkylation sites (tertiary alicyclic amines) is 1. The van der Waals surface area contributed by atoms with Crippen molar-refractivity contribution < 1.29 is 5.11 Å². The first-order valence-corrected chi connectivity index (χ1v) is 5.72. The predicted molar refractivity (Wildman–Crippen MR) is 60.4 cm³/mol. The number of rotatable bonds is 1. The van der Waals surface area contributed by atoms with Gasteiger partial charge in [0, 0.05) is 6.54 Å². The van der Waals surface area contributed by atoms with Gasteiger partial charge in [0.05, 0.1) is 5.60 Å². The van der Waals surface area contributed by atoms with Crippen LogP contribution in [0.4, 0.5) is 0 Å². The van der Waals surface area contributed by atoms with E-state index in [2.05, 4.69) is 32.7 Å². The Balaban J connectivity index is 2.55. The lowest BCUT2D eigenvalue weighted by atomic mass is 9.78. The Morgan fingerprint density at radius 1 is 1.21 bits per heavy atom. The molecule has 1 fully saturated rings. The van der Waals surface area contributed by atoms with Gasteiger partial charge in [-0.05, 0) is 44.7 Å². The van der Waals surface area contributed by atoms with Crippen molar-refractivity contribution in [2.75, 3.05) is 20.1 Å². The predicted octanol–water partition coefficient (Wildman–Crippen LogP) is 2.27. The lowest BCUT2D eigenvalue weighted by Crippen LogP contribution is -2.34. The molecule has 0 aliphatic carbocycles. The van der Waals surface area contributed by atoms with Crippen LogP contribution in [0.5, 0.6) is 0 Å². The van der Waals surface area contributed by atoms with Crippen molar-refractivity contribution in [1.29, 1.82) is 0 Å². The SMILES string of the molecule is CN1CCCC(O)(CC(C)(C)C)CC1. The number of hydrogen-bond acceptors (Lipinski definition) is 2. The molecule has 1 heterocycles. The molecule has 84 valence electrons. The van der Waals surface area contributed by atoms with Gasteiger partial charge in [-0.1, -0.05) is 20.8 Å². The zero-order chi connectivity index (χ0) is 10.8. The van der Waals surface area contributed by atoms with Crippen molar-refractivity contribution in [1.82, 2.24) is 4.90 Å². The normalized spacial score (nSPS) is 31.5. The zero-order valence-corrected chi connectivity index (χ0v) is 10.1. The average molecular weight is 199 g/mol. The maximum atomic E-state index is 10.5. The summed E-state index contributed by atoms with van der Waals surface area (Å²) in [6.07, 6.45) is 3.95. The molecule has 1 rings (SSSR count). The number of aliphatic hydroxyl groups is 1. The Morgan fingerprint density at radius 2 is 1.86 bits per heavy atom. The molecule has 0 aromatic carbocycles. The van der Waals surface area contributed by atoms with E-state index >= 15 is 0 Å². The molecule has 0 bridgehead atoms. The van der Waals surface area contributed by atoms with Gasteiger partial charge in [0.1, 0.15) is 0 Å². The van der Waals surface area contributed by atoms with E-state index in [1.807, 2.05) is 0 Å². The molecule has 0 spiro atoms. The Hall–Kier alpha value is -0.0800. The molecule has 0 aromatic rings. The number of nitrogens with zero attached hydrogens (tertiary/aromatic N) is 1. The first-order chi connectivity index (χ1) is 6.31. The van der Waals surface area contributed by atoms with Crippen LogP contribution >= 0.6 is 0 Å². The maximum absolute atomic E-state index is 10.5. The van der Waals surface area contributed by atoms with Gasteiger partial charge in [0.2, 0.25) is 0 Å². The fourth-order valence-electron chi connectivity index (χ4n) is 2.48. The van der Waals surface area contributed by atoms with Crippen LogP contribution in [0.3, 0.4) is 0 Å². The quantitative estimate of drug-likeness (QED) is 0.700. The Labute approximate surface area is 88.3 Å². The van der Waals surface area contributed by atoms with Crippen LogP contribution < -0.4 is 0 Å². The molecule has 2 nitrogen and oxygen atoms in total. The van der Waals surface area contributed by atoms with E-state index in [0.29, 0.717) is 0 Å². The van der Waals surface area contributed by atoms with Crippen molar-refractivity contribution in [2.24, 2.45) is 5.41 Å². The van der Waals surface area contributed by atoms with Crippen molar-refractivity contribution in [3.05, 3.63) is 0 Å². The molecule has 1 aliphatic heterocycles. The highest BCUT2D eigenvalue weighted by Gasteiger charge is 2.33. The molecule has 1 N–H and O–H groups in total. The Bertz CT molecular complexity index is 185. The van der Waals surface area contributed by atoms with Crippen LogP contribution in [0, 0.1) is 5.41 Å². The molecule has 0 saturated carbocycles. The Morgan fingerprint density at radius 3 is 2.43 bits per heavy atom. The van der Waals surface area contributed by atoms with Crippen LogP contribution in [-0.4, -0.2) is 35.7 Å². The maximum Gasteiger partial charge on any atom is 0.0665 e. The molecule has 2 heteroatoms. The van der Waals surface area contributed by atoms with Gasteiger partial charge < -0.3 is 10.0 Å². The van der Waals surface area contributed by atoms with Gasteiger partial charge in [-0.2, -0.15) is 0 Å². The summed E-state index contributed by atoms with van der Waals surface area (Å²) >= 11 is 0. The summed E-state index contributed by atoms with van der Waals surface area (Å²) in [7, 11) is 2.14. The van der Waals surface area contributed by atoms with Gasteiger partial charge in [-0.25, -0.2) is 0 Å². The number of hydrogen-bond donors (Lipinski definition) is 1. The summed E-state index contributed by atoms with van der Waals surface area (Å²) in [5.74, 6) is 0. The highest BCUT2D eigenvalue weighted by Crippen LogP contribution is 2.34. The molecular formula is C12H25NO. The molecular weight excluding hydrogens is 174 g/mol. The van der Waals surface area contributed by atoms with Crippen molar-refractivity contribution in [3.8, 4) is 0 Å². The summed E-state index contributed by atoms with van der Waals surface area (Å²) in [5.41, 5.74) is -0.180. The molecule has 1 aliphatic rings. The van der Waals surface area contributed by atoms with Gasteiger partial charge in [-0.3, -0.25) is 0 Å². The first-order valence-electron chi connectivity index (χ1n) is 5.72. The monoisotopic (exact) mass is 199 g/mol. The fourth-order valence-corrected chi connectivity index (χ4v) is 2.48. The van der Waals surface area contributed by atoms with Gasteiger partial charge in [-0.15, -0.1) is 0 Å². The van der Waals surface area contributed by atoms with E-state index in [-0.39, 0.29) is 5.41 Å². The van der Waals surface area contributed by atoms with Crippen molar-refractivity contribution >= 4 is 0 Å². The van der Waals surface area contributed by atoms with E-state index < -0.39 is 5.60 Å². The zero-order valence-electron chi connectivity index (χ0n) is 10.1. The van der Waals surface area contributed by atoms with Crippen LogP contribution in [0.1, 0.15) is 46.5 Å². The van der Waals surface area contributed by atoms with Crippen LogP contribution in [0.25, 0.3) is 0 Å². The second-order valence-corrected chi connectivity index (χ2v) is 6.12. The van der Waals surface area contributed by atoms with Crippen LogP contribution in [0.15, 0.2) is 0 Å². The third kappa shape index (κ3) is 3.97. The fraction of sp³-hybridized carbons (Fsp3) is 1.00. The molecule has 0 amide bonds. The third-order valence-corrected chi connectivity index (χ3v) is 3.00. The second kappa shape index (κ2) is 4.19. The van der Waals surface area contributed by atoms with Crippen molar-refractivity contribution in [3.63, 3.8) is 0 Å². The van der Waals surface area contributed by atoms with Gasteiger partial charge in [0.25, 0.3) is 0 Å². The minimum Gasteiger partial charge on any atom is -0.390 e. The molecule has 0 aromatic heterocycles. The van der Waals surface area contributed by atoms with Gasteiger partial charge in [0.15, 0.2) is 0 Å². The summed E-state index contributed by atoms with van der Waals surface area (Å²) in [6.45, 7) is 8.79. The topological polar surface area (TPSA) is 23.5 Å². The lowest BCUT2D eigenvalue weighted by molar-refractivity contribution is -0.0104. The summed E-state index contributed by atoms with van der Waals surface area (Å²) in [4.78, 5) is 2.32. The minimum atomic E-state index is -0.414. The summed E-state index contributed by atoms with van der Waals surface area (Å²) in [5, 5.41) is 10.5. The highest BCUT2D eigenvalue weighted by molar-refractivity contribution is 4.86. The molecule has 0 radical (unpaired) electrons. The standard InChI is InChI=1S/C12H25NO/c1-11(2,3)10-12(14)6-5-8-13(4)9-7-12/h14H,5-10H2,1-4H3. The second-order valence-electron chi connectivity index (χ2n) is 6.12. The van der Waals surface area contributed by atoms with E-state index in [1.165, 1.54) is 0 Å². The molecule has 1 saturated heterocycles. The van der Waals surface area contributed by atoms with Crippen molar-refractivity contribution in [2.45, 2.75) is 52.1 Å². The summed E-state index contributed by atoms with van der Waals surface area (Å²) < 4.78 is 0. The van der Waals surface area contributed by atoms with E-state index in [9.17, 15) is 5.11 Å². The lowest BCUT2D eigenvalue weighted by Gasteiger charge is -2.33. The largest absolute Gasteiger partial charge is 0.390 e. The first kappa shape index (κ1) is 12.0. The molecule has 14 heavy (non-hydrogen) atoms. The van der Waals surface area contributed by atoms with E-state index in [4.69, 9.17) is 0 Å². The average Bonchev–Trinajstić information content (AvgIpc) is 2.10. The van der Waals surface area contributed by atoms with Crippen LogP contribution in [0.2, 0.25) is 0 Å². The summed E-state index contributed by atoms with van der Waals surface area (Å²) in [6, 6.07) is 0. The Kier molecular flexibility index (Phi) is 3.59. The van der Waals surface area contributed by atoms with Crippen LogP contribution in [-0.2, 0) is 0 Å². The van der Waals surface area contributed by atoms with E-state index in [0.717, 1.165) is 38.8 Å². The molecule has 1 unspecified atom stereocenters.